The van der Waals surface area contributed by atoms with Crippen molar-refractivity contribution < 1.29 is 14.3 Å². The minimum absolute atomic E-state index is 0.0415. The van der Waals surface area contributed by atoms with Gasteiger partial charge in [-0.3, -0.25) is 9.59 Å². The van der Waals surface area contributed by atoms with Gasteiger partial charge in [0.15, 0.2) is 5.78 Å². The molecule has 3 heteroatoms. The molecule has 0 aromatic heterocycles. The van der Waals surface area contributed by atoms with Crippen molar-refractivity contribution in [3.05, 3.63) is 23.8 Å². The molecule has 28 heavy (non-hydrogen) atoms. The number of allylic oxidation sites excluding steroid dienone is 4. The largest absolute Gasteiger partial charge is 0.466 e. The zero-order chi connectivity index (χ0) is 19.9. The van der Waals surface area contributed by atoms with Crippen molar-refractivity contribution >= 4 is 11.8 Å². The smallest absolute Gasteiger partial charge is 0.305 e. The van der Waals surface area contributed by atoms with Crippen LogP contribution in [0.3, 0.4) is 0 Å². The van der Waals surface area contributed by atoms with Crippen LogP contribution in [0.1, 0.15) is 78.6 Å². The Hall–Kier alpha value is -1.38. The molecule has 0 aliphatic heterocycles. The highest BCUT2D eigenvalue weighted by Crippen LogP contribution is 2.65. The second kappa shape index (κ2) is 7.46. The SMILES string of the molecule is CCOC(=O)CCCC1CCC2C3C=CC4=CC(=O)CCC4(C)C3CCC12C. The lowest BCUT2D eigenvalue weighted by Gasteiger charge is -2.56. The first-order valence-electron chi connectivity index (χ1n) is 11.5. The Kier molecular flexibility index (Phi) is 5.31. The summed E-state index contributed by atoms with van der Waals surface area (Å²) in [6.45, 7) is 7.31. The van der Waals surface area contributed by atoms with Gasteiger partial charge >= 0.3 is 5.97 Å². The molecule has 2 saturated carbocycles. The Bertz CT molecular complexity index is 705. The molecule has 0 saturated heterocycles. The summed E-state index contributed by atoms with van der Waals surface area (Å²) >= 11 is 0. The molecule has 0 amide bonds. The molecule has 4 aliphatic rings. The number of esters is 1. The van der Waals surface area contributed by atoms with Crippen LogP contribution in [-0.2, 0) is 14.3 Å². The third-order valence-corrected chi connectivity index (χ3v) is 8.95. The quantitative estimate of drug-likeness (QED) is 0.576. The maximum absolute atomic E-state index is 11.9. The summed E-state index contributed by atoms with van der Waals surface area (Å²) in [5, 5.41) is 0. The topological polar surface area (TPSA) is 43.4 Å². The predicted molar refractivity (Wildman–Crippen MR) is 111 cm³/mol. The van der Waals surface area contributed by atoms with Crippen LogP contribution in [0, 0.1) is 34.5 Å². The monoisotopic (exact) mass is 384 g/mol. The Morgan fingerprint density at radius 1 is 1.18 bits per heavy atom. The standard InChI is InChI=1S/C25H36O3/c1-4-28-23(27)7-5-6-17-9-11-21-20-10-8-18-16-19(26)12-14-25(18,3)22(20)13-15-24(17,21)2/h8,10,16-17,20-22H,4-7,9,11-15H2,1-3H3. The molecule has 4 aliphatic carbocycles. The van der Waals surface area contributed by atoms with Crippen molar-refractivity contribution in [3.8, 4) is 0 Å². The molecule has 0 aromatic rings. The van der Waals surface area contributed by atoms with E-state index >= 15 is 0 Å². The van der Waals surface area contributed by atoms with Gasteiger partial charge in [0.05, 0.1) is 6.61 Å². The Morgan fingerprint density at radius 3 is 2.79 bits per heavy atom. The highest BCUT2D eigenvalue weighted by atomic mass is 16.5. The Morgan fingerprint density at radius 2 is 2.00 bits per heavy atom. The predicted octanol–water partition coefficient (Wildman–Crippen LogP) is 5.64. The average molecular weight is 385 g/mol. The van der Waals surface area contributed by atoms with Gasteiger partial charge in [0.2, 0.25) is 0 Å². The van der Waals surface area contributed by atoms with E-state index in [1.807, 2.05) is 13.0 Å². The van der Waals surface area contributed by atoms with Crippen molar-refractivity contribution in [2.75, 3.05) is 6.61 Å². The third-order valence-electron chi connectivity index (χ3n) is 8.95. The van der Waals surface area contributed by atoms with E-state index in [2.05, 4.69) is 26.0 Å². The zero-order valence-electron chi connectivity index (χ0n) is 17.8. The first-order chi connectivity index (χ1) is 13.4. The molecule has 0 bridgehead atoms. The molecule has 2 fully saturated rings. The van der Waals surface area contributed by atoms with E-state index in [4.69, 9.17) is 4.74 Å². The molecule has 0 N–H and O–H groups in total. The highest BCUT2D eigenvalue weighted by molar-refractivity contribution is 5.92. The average Bonchev–Trinajstić information content (AvgIpc) is 2.99. The van der Waals surface area contributed by atoms with E-state index < -0.39 is 0 Å². The molecular formula is C25H36O3. The van der Waals surface area contributed by atoms with Crippen molar-refractivity contribution in [3.63, 3.8) is 0 Å². The molecular weight excluding hydrogens is 348 g/mol. The number of carbonyl (C=O) groups excluding carboxylic acids is 2. The number of carbonyl (C=O) groups is 2. The number of ketones is 1. The van der Waals surface area contributed by atoms with Crippen molar-refractivity contribution in [1.29, 1.82) is 0 Å². The van der Waals surface area contributed by atoms with E-state index in [-0.39, 0.29) is 11.4 Å². The van der Waals surface area contributed by atoms with E-state index in [1.165, 1.54) is 31.3 Å². The zero-order valence-corrected chi connectivity index (χ0v) is 17.8. The molecule has 0 aromatic carbocycles. The van der Waals surface area contributed by atoms with Crippen molar-refractivity contribution in [1.82, 2.24) is 0 Å². The number of ether oxygens (including phenoxy) is 1. The number of hydrogen-bond acceptors (Lipinski definition) is 3. The first-order valence-corrected chi connectivity index (χ1v) is 11.5. The van der Waals surface area contributed by atoms with Crippen molar-refractivity contribution in [2.45, 2.75) is 78.6 Å². The second-order valence-electron chi connectivity index (χ2n) is 10.1. The fourth-order valence-electron chi connectivity index (χ4n) is 7.31. The van der Waals surface area contributed by atoms with Crippen LogP contribution in [0.5, 0.6) is 0 Å². The molecule has 3 nitrogen and oxygen atoms in total. The number of hydrogen-bond donors (Lipinski definition) is 0. The maximum Gasteiger partial charge on any atom is 0.305 e. The molecule has 154 valence electrons. The summed E-state index contributed by atoms with van der Waals surface area (Å²) in [6.07, 6.45) is 16.3. The van der Waals surface area contributed by atoms with Gasteiger partial charge in [-0.05, 0) is 98.0 Å². The Labute approximate surface area is 170 Å². The third kappa shape index (κ3) is 3.19. The van der Waals surface area contributed by atoms with Crippen LogP contribution < -0.4 is 0 Å². The van der Waals surface area contributed by atoms with Gasteiger partial charge in [0.1, 0.15) is 0 Å². The summed E-state index contributed by atoms with van der Waals surface area (Å²) in [4.78, 5) is 23.6. The summed E-state index contributed by atoms with van der Waals surface area (Å²) in [7, 11) is 0. The van der Waals surface area contributed by atoms with Crippen LogP contribution in [0.15, 0.2) is 23.8 Å². The molecule has 6 atom stereocenters. The summed E-state index contributed by atoms with van der Waals surface area (Å²) < 4.78 is 5.10. The fourth-order valence-corrected chi connectivity index (χ4v) is 7.31. The van der Waals surface area contributed by atoms with Gasteiger partial charge in [0, 0.05) is 12.8 Å². The van der Waals surface area contributed by atoms with E-state index in [0.717, 1.165) is 37.5 Å². The summed E-state index contributed by atoms with van der Waals surface area (Å²) in [5.74, 6) is 3.10. The molecule has 0 radical (unpaired) electrons. The van der Waals surface area contributed by atoms with Gasteiger partial charge in [-0.1, -0.05) is 26.0 Å². The highest BCUT2D eigenvalue weighted by Gasteiger charge is 2.57. The van der Waals surface area contributed by atoms with Crippen LogP contribution in [0.2, 0.25) is 0 Å². The van der Waals surface area contributed by atoms with Crippen LogP contribution >= 0.6 is 0 Å². The molecule has 0 spiro atoms. The van der Waals surface area contributed by atoms with E-state index in [0.29, 0.717) is 36.1 Å². The Balaban J connectivity index is 1.48. The minimum atomic E-state index is -0.0415. The van der Waals surface area contributed by atoms with Crippen molar-refractivity contribution in [2.24, 2.45) is 34.5 Å². The van der Waals surface area contributed by atoms with Gasteiger partial charge in [-0.2, -0.15) is 0 Å². The van der Waals surface area contributed by atoms with Gasteiger partial charge in [-0.15, -0.1) is 0 Å². The van der Waals surface area contributed by atoms with Gasteiger partial charge in [0.25, 0.3) is 0 Å². The minimum Gasteiger partial charge on any atom is -0.466 e. The summed E-state index contributed by atoms with van der Waals surface area (Å²) in [5.41, 5.74) is 1.89. The fraction of sp³-hybridized carbons (Fsp3) is 0.760. The number of rotatable bonds is 5. The lowest BCUT2D eigenvalue weighted by molar-refractivity contribution is -0.143. The van der Waals surface area contributed by atoms with Gasteiger partial charge in [-0.25, -0.2) is 0 Å². The maximum atomic E-state index is 11.9. The lowest BCUT2D eigenvalue weighted by Crippen LogP contribution is -2.48. The van der Waals surface area contributed by atoms with E-state index in [9.17, 15) is 9.59 Å². The van der Waals surface area contributed by atoms with Crippen LogP contribution in [0.4, 0.5) is 0 Å². The normalized spacial score (nSPS) is 41.7. The number of fused-ring (bicyclic) bond motifs is 5. The second-order valence-corrected chi connectivity index (χ2v) is 10.1. The first kappa shape index (κ1) is 19.9. The molecule has 4 rings (SSSR count). The van der Waals surface area contributed by atoms with Gasteiger partial charge < -0.3 is 4.74 Å². The van der Waals surface area contributed by atoms with Crippen LogP contribution in [0.25, 0.3) is 0 Å². The lowest BCUT2D eigenvalue weighted by atomic mass is 9.48. The van der Waals surface area contributed by atoms with E-state index in [1.54, 1.807) is 0 Å². The van der Waals surface area contributed by atoms with Crippen LogP contribution in [-0.4, -0.2) is 18.4 Å². The molecule has 0 heterocycles. The molecule has 6 unspecified atom stereocenters. The summed E-state index contributed by atoms with van der Waals surface area (Å²) in [6, 6.07) is 0.